The third-order valence-corrected chi connectivity index (χ3v) is 4.81. The van der Waals surface area contributed by atoms with Gasteiger partial charge in [-0.3, -0.25) is 10.1 Å². The van der Waals surface area contributed by atoms with Crippen molar-refractivity contribution in [3.05, 3.63) is 23.2 Å². The zero-order valence-electron chi connectivity index (χ0n) is 12.4. The number of rotatable bonds is 3. The lowest BCUT2D eigenvalue weighted by atomic mass is 10.1. The topological polar surface area (TPSA) is 71.1 Å². The number of urea groups is 1. The molecule has 2 aromatic rings. The standard InChI is InChI=1S/C14H16ClN3O2S2/c1-14(2,3)18-12(20)17-11(19)7-21-13-16-9-6-8(15)4-5-10(9)22-13/h4-6H,7H2,1-3H3,(H2,17,18,19,20). The number of nitrogens with zero attached hydrogens (tertiary/aromatic N) is 1. The van der Waals surface area contributed by atoms with Gasteiger partial charge in [0.25, 0.3) is 0 Å². The summed E-state index contributed by atoms with van der Waals surface area (Å²) in [6.07, 6.45) is 0. The zero-order chi connectivity index (χ0) is 16.3. The van der Waals surface area contributed by atoms with E-state index in [0.717, 1.165) is 14.6 Å². The number of hydrogen-bond donors (Lipinski definition) is 2. The Labute approximate surface area is 141 Å². The molecule has 0 atom stereocenters. The molecule has 0 aliphatic rings. The van der Waals surface area contributed by atoms with Crippen molar-refractivity contribution < 1.29 is 9.59 Å². The van der Waals surface area contributed by atoms with Crippen molar-refractivity contribution in [2.24, 2.45) is 0 Å². The number of fused-ring (bicyclic) bond motifs is 1. The lowest BCUT2D eigenvalue weighted by Gasteiger charge is -2.20. The van der Waals surface area contributed by atoms with Crippen LogP contribution in [-0.4, -0.2) is 28.2 Å². The third kappa shape index (κ3) is 5.15. The predicted octanol–water partition coefficient (Wildman–Crippen LogP) is 3.67. The van der Waals surface area contributed by atoms with Crippen LogP contribution in [0.3, 0.4) is 0 Å². The molecule has 2 rings (SSSR count). The molecule has 0 bridgehead atoms. The molecule has 1 aromatic carbocycles. The van der Waals surface area contributed by atoms with Gasteiger partial charge in [-0.25, -0.2) is 9.78 Å². The van der Waals surface area contributed by atoms with E-state index in [2.05, 4.69) is 15.6 Å². The molecule has 118 valence electrons. The lowest BCUT2D eigenvalue weighted by Crippen LogP contribution is -2.48. The fraction of sp³-hybridized carbons (Fsp3) is 0.357. The zero-order valence-corrected chi connectivity index (χ0v) is 14.8. The summed E-state index contributed by atoms with van der Waals surface area (Å²) in [4.78, 5) is 27.7. The molecular formula is C14H16ClN3O2S2. The highest BCUT2D eigenvalue weighted by atomic mass is 35.5. The summed E-state index contributed by atoms with van der Waals surface area (Å²) in [7, 11) is 0. The highest BCUT2D eigenvalue weighted by molar-refractivity contribution is 8.01. The van der Waals surface area contributed by atoms with Gasteiger partial charge in [-0.05, 0) is 39.0 Å². The first-order valence-electron chi connectivity index (χ1n) is 6.54. The van der Waals surface area contributed by atoms with Crippen molar-refractivity contribution in [3.63, 3.8) is 0 Å². The van der Waals surface area contributed by atoms with Crippen molar-refractivity contribution in [2.45, 2.75) is 30.6 Å². The number of thioether (sulfide) groups is 1. The summed E-state index contributed by atoms with van der Waals surface area (Å²) in [5, 5.41) is 5.59. The van der Waals surface area contributed by atoms with E-state index in [9.17, 15) is 9.59 Å². The van der Waals surface area contributed by atoms with Gasteiger partial charge >= 0.3 is 6.03 Å². The minimum atomic E-state index is -0.491. The average Bonchev–Trinajstić information content (AvgIpc) is 2.75. The summed E-state index contributed by atoms with van der Waals surface area (Å²) < 4.78 is 1.78. The first kappa shape index (κ1) is 17.1. The molecule has 0 spiro atoms. The first-order chi connectivity index (χ1) is 10.2. The molecule has 22 heavy (non-hydrogen) atoms. The van der Waals surface area contributed by atoms with Gasteiger partial charge in [0.1, 0.15) is 0 Å². The Morgan fingerprint density at radius 3 is 2.77 bits per heavy atom. The van der Waals surface area contributed by atoms with Gasteiger partial charge in [-0.1, -0.05) is 23.4 Å². The van der Waals surface area contributed by atoms with Gasteiger partial charge in [0.15, 0.2) is 4.34 Å². The van der Waals surface area contributed by atoms with E-state index in [1.807, 2.05) is 26.8 Å². The maximum absolute atomic E-state index is 11.7. The molecule has 1 aromatic heterocycles. The molecule has 3 amide bonds. The van der Waals surface area contributed by atoms with E-state index in [1.165, 1.54) is 23.1 Å². The number of nitrogens with one attached hydrogen (secondary N) is 2. The highest BCUT2D eigenvalue weighted by Crippen LogP contribution is 2.30. The van der Waals surface area contributed by atoms with Crippen molar-refractivity contribution in [1.29, 1.82) is 0 Å². The summed E-state index contributed by atoms with van der Waals surface area (Å²) in [5.74, 6) is -0.227. The minimum Gasteiger partial charge on any atom is -0.333 e. The Morgan fingerprint density at radius 2 is 2.09 bits per heavy atom. The van der Waals surface area contributed by atoms with Crippen molar-refractivity contribution >= 4 is 56.9 Å². The SMILES string of the molecule is CC(C)(C)NC(=O)NC(=O)CSc1nc2cc(Cl)ccc2s1. The largest absolute Gasteiger partial charge is 0.333 e. The van der Waals surface area contributed by atoms with Gasteiger partial charge in [0.2, 0.25) is 5.91 Å². The molecule has 0 radical (unpaired) electrons. The predicted molar refractivity (Wildman–Crippen MR) is 91.8 cm³/mol. The Morgan fingerprint density at radius 1 is 1.36 bits per heavy atom. The second-order valence-electron chi connectivity index (χ2n) is 5.63. The maximum Gasteiger partial charge on any atom is 0.321 e. The summed E-state index contributed by atoms with van der Waals surface area (Å²) in [5.41, 5.74) is 0.426. The van der Waals surface area contributed by atoms with Crippen LogP contribution in [0.25, 0.3) is 10.2 Å². The molecule has 8 heteroatoms. The fourth-order valence-electron chi connectivity index (χ4n) is 1.60. The molecule has 0 fully saturated rings. The van der Waals surface area contributed by atoms with Crippen molar-refractivity contribution in [3.8, 4) is 0 Å². The number of carbonyl (C=O) groups is 2. The van der Waals surface area contributed by atoms with E-state index in [1.54, 1.807) is 12.1 Å². The summed E-state index contributed by atoms with van der Waals surface area (Å²) in [6, 6.07) is 5.00. The van der Waals surface area contributed by atoms with Crippen LogP contribution >= 0.6 is 34.7 Å². The second-order valence-corrected chi connectivity index (χ2v) is 8.32. The van der Waals surface area contributed by atoms with Crippen LogP contribution < -0.4 is 10.6 Å². The number of aromatic nitrogens is 1. The molecule has 0 aliphatic carbocycles. The van der Waals surface area contributed by atoms with Gasteiger partial charge < -0.3 is 5.32 Å². The third-order valence-electron chi connectivity index (χ3n) is 2.40. The molecule has 0 saturated carbocycles. The van der Waals surface area contributed by atoms with Gasteiger partial charge in [-0.15, -0.1) is 11.3 Å². The van der Waals surface area contributed by atoms with E-state index >= 15 is 0 Å². The molecule has 5 nitrogen and oxygen atoms in total. The van der Waals surface area contributed by atoms with Gasteiger partial charge in [-0.2, -0.15) is 0 Å². The van der Waals surface area contributed by atoms with Crippen LogP contribution in [0.15, 0.2) is 22.5 Å². The average molecular weight is 358 g/mol. The fourth-order valence-corrected chi connectivity index (χ4v) is 3.62. The van der Waals surface area contributed by atoms with Gasteiger partial charge in [0, 0.05) is 10.6 Å². The molecule has 0 aliphatic heterocycles. The van der Waals surface area contributed by atoms with Crippen LogP contribution in [-0.2, 0) is 4.79 Å². The normalized spacial score (nSPS) is 11.5. The molecule has 2 N–H and O–H groups in total. The Hall–Kier alpha value is -1.31. The number of imide groups is 1. The Kier molecular flexibility index (Phi) is 5.31. The van der Waals surface area contributed by atoms with E-state index in [4.69, 9.17) is 11.6 Å². The molecule has 0 saturated heterocycles. The van der Waals surface area contributed by atoms with Crippen molar-refractivity contribution in [2.75, 3.05) is 5.75 Å². The maximum atomic E-state index is 11.7. The van der Waals surface area contributed by atoms with Crippen LogP contribution in [0.4, 0.5) is 4.79 Å². The minimum absolute atomic E-state index is 0.130. The number of benzene rings is 1. The summed E-state index contributed by atoms with van der Waals surface area (Å²) in [6.45, 7) is 5.54. The van der Waals surface area contributed by atoms with E-state index in [0.29, 0.717) is 5.02 Å². The molecule has 1 heterocycles. The van der Waals surface area contributed by atoms with E-state index < -0.39 is 6.03 Å². The number of carbonyl (C=O) groups excluding carboxylic acids is 2. The van der Waals surface area contributed by atoms with Crippen LogP contribution in [0.1, 0.15) is 20.8 Å². The number of hydrogen-bond acceptors (Lipinski definition) is 5. The Bertz CT molecular complexity index is 710. The van der Waals surface area contributed by atoms with Crippen molar-refractivity contribution in [1.82, 2.24) is 15.6 Å². The molecular weight excluding hydrogens is 342 g/mol. The summed E-state index contributed by atoms with van der Waals surface area (Å²) >= 11 is 8.70. The Balaban J connectivity index is 1.88. The smallest absolute Gasteiger partial charge is 0.321 e. The quantitative estimate of drug-likeness (QED) is 0.822. The highest BCUT2D eigenvalue weighted by Gasteiger charge is 2.16. The van der Waals surface area contributed by atoms with Gasteiger partial charge in [0.05, 0.1) is 16.0 Å². The monoisotopic (exact) mass is 357 g/mol. The first-order valence-corrected chi connectivity index (χ1v) is 8.72. The lowest BCUT2D eigenvalue weighted by molar-refractivity contribution is -0.117. The number of amides is 3. The number of halogens is 1. The van der Waals surface area contributed by atoms with Crippen LogP contribution in [0.2, 0.25) is 5.02 Å². The van der Waals surface area contributed by atoms with E-state index in [-0.39, 0.29) is 17.2 Å². The number of thiazole rings is 1. The second kappa shape index (κ2) is 6.85. The van der Waals surface area contributed by atoms with Crippen LogP contribution in [0, 0.1) is 0 Å². The van der Waals surface area contributed by atoms with Crippen LogP contribution in [0.5, 0.6) is 0 Å². The molecule has 0 unspecified atom stereocenters.